The molecule has 1 aliphatic carbocycles. The highest BCUT2D eigenvalue weighted by molar-refractivity contribution is 7.89. The van der Waals surface area contributed by atoms with Gasteiger partial charge in [-0.05, 0) is 25.0 Å². The first-order valence-corrected chi connectivity index (χ1v) is 8.80. The topological polar surface area (TPSA) is 83.5 Å². The zero-order valence-electron chi connectivity index (χ0n) is 11.1. The number of carboxylic acids is 1. The maximum absolute atomic E-state index is 12.4. The van der Waals surface area contributed by atoms with Crippen LogP contribution in [0.3, 0.4) is 0 Å². The van der Waals surface area contributed by atoms with Gasteiger partial charge in [0, 0.05) is 11.1 Å². The first-order valence-electron chi connectivity index (χ1n) is 6.56. The van der Waals surface area contributed by atoms with E-state index in [-0.39, 0.29) is 26.5 Å². The van der Waals surface area contributed by atoms with Crippen LogP contribution in [0.15, 0.2) is 17.0 Å². The number of nitrogens with one attached hydrogen (secondary N) is 1. The highest BCUT2D eigenvalue weighted by atomic mass is 35.5. The van der Waals surface area contributed by atoms with E-state index < -0.39 is 16.0 Å². The van der Waals surface area contributed by atoms with Gasteiger partial charge in [-0.15, -0.1) is 0 Å². The summed E-state index contributed by atoms with van der Waals surface area (Å²) in [6, 6.07) is 2.15. The molecule has 21 heavy (non-hydrogen) atoms. The second kappa shape index (κ2) is 6.52. The number of sulfonamides is 1. The van der Waals surface area contributed by atoms with E-state index in [2.05, 4.69) is 4.72 Å². The lowest BCUT2D eigenvalue weighted by Gasteiger charge is -2.23. The average molecular weight is 352 g/mol. The minimum atomic E-state index is -3.90. The lowest BCUT2D eigenvalue weighted by Crippen LogP contribution is -2.36. The predicted molar refractivity (Wildman–Crippen MR) is 80.6 cm³/mol. The maximum atomic E-state index is 12.4. The van der Waals surface area contributed by atoms with E-state index in [0.29, 0.717) is 0 Å². The Balaban J connectivity index is 2.37. The number of aromatic carboxylic acids is 1. The summed E-state index contributed by atoms with van der Waals surface area (Å²) in [6.07, 6.45) is 4.57. The van der Waals surface area contributed by atoms with E-state index >= 15 is 0 Å². The van der Waals surface area contributed by atoms with Crippen molar-refractivity contribution in [1.82, 2.24) is 4.72 Å². The number of rotatable bonds is 4. The first kappa shape index (κ1) is 16.5. The summed E-state index contributed by atoms with van der Waals surface area (Å²) < 4.78 is 27.4. The molecule has 0 aliphatic heterocycles. The van der Waals surface area contributed by atoms with Crippen molar-refractivity contribution in [2.45, 2.75) is 43.0 Å². The van der Waals surface area contributed by atoms with Gasteiger partial charge in [0.15, 0.2) is 0 Å². The van der Waals surface area contributed by atoms with Crippen LogP contribution in [0.2, 0.25) is 10.0 Å². The standard InChI is InChI=1S/C13H15Cl2NO4S/c14-8-6-10(13(17)18)12(15)11(7-8)21(19,20)16-9-4-2-1-3-5-9/h6-7,9,16H,1-5H2,(H,17,18). The minimum Gasteiger partial charge on any atom is -0.478 e. The summed E-state index contributed by atoms with van der Waals surface area (Å²) >= 11 is 11.7. The molecule has 116 valence electrons. The third-order valence-electron chi connectivity index (χ3n) is 3.45. The van der Waals surface area contributed by atoms with Crippen LogP contribution < -0.4 is 4.72 Å². The molecule has 0 spiro atoms. The molecule has 0 radical (unpaired) electrons. The quantitative estimate of drug-likeness (QED) is 0.871. The van der Waals surface area contributed by atoms with Crippen LogP contribution in [0.4, 0.5) is 0 Å². The van der Waals surface area contributed by atoms with Gasteiger partial charge in [-0.3, -0.25) is 0 Å². The number of hydrogen-bond donors (Lipinski definition) is 2. The molecule has 1 aliphatic rings. The molecule has 0 atom stereocenters. The SMILES string of the molecule is O=C(O)c1cc(Cl)cc(S(=O)(=O)NC2CCCCC2)c1Cl. The second-order valence-corrected chi connectivity index (χ2v) is 7.52. The van der Waals surface area contributed by atoms with E-state index in [1.165, 1.54) is 6.07 Å². The molecular formula is C13H15Cl2NO4S. The van der Waals surface area contributed by atoms with Gasteiger partial charge in [-0.2, -0.15) is 0 Å². The van der Waals surface area contributed by atoms with Crippen molar-refractivity contribution in [1.29, 1.82) is 0 Å². The number of carboxylic acid groups (broad SMARTS) is 1. The van der Waals surface area contributed by atoms with Gasteiger partial charge in [0.2, 0.25) is 10.0 Å². The molecular weight excluding hydrogens is 337 g/mol. The Morgan fingerprint density at radius 2 is 1.81 bits per heavy atom. The molecule has 0 saturated heterocycles. The maximum Gasteiger partial charge on any atom is 0.337 e. The summed E-state index contributed by atoms with van der Waals surface area (Å²) in [4.78, 5) is 10.8. The minimum absolute atomic E-state index is 0.0146. The lowest BCUT2D eigenvalue weighted by atomic mass is 9.96. The Labute approximate surface area is 133 Å². The summed E-state index contributed by atoms with van der Waals surface area (Å²) in [6.45, 7) is 0. The van der Waals surface area contributed by atoms with Crippen molar-refractivity contribution in [3.8, 4) is 0 Å². The molecule has 0 aromatic heterocycles. The summed E-state index contributed by atoms with van der Waals surface area (Å²) in [5.74, 6) is -1.32. The van der Waals surface area contributed by atoms with E-state index in [1.807, 2.05) is 0 Å². The Morgan fingerprint density at radius 1 is 1.19 bits per heavy atom. The monoisotopic (exact) mass is 351 g/mol. The highest BCUT2D eigenvalue weighted by Gasteiger charge is 2.27. The molecule has 0 bridgehead atoms. The molecule has 8 heteroatoms. The Hall–Kier alpha value is -0.820. The van der Waals surface area contributed by atoms with E-state index in [0.717, 1.165) is 38.2 Å². The van der Waals surface area contributed by atoms with Gasteiger partial charge in [-0.25, -0.2) is 17.9 Å². The normalized spacial score (nSPS) is 16.9. The van der Waals surface area contributed by atoms with Crippen molar-refractivity contribution in [3.63, 3.8) is 0 Å². The smallest absolute Gasteiger partial charge is 0.337 e. The van der Waals surface area contributed by atoms with Crippen molar-refractivity contribution in [3.05, 3.63) is 27.7 Å². The summed E-state index contributed by atoms with van der Waals surface area (Å²) in [5, 5.41) is 8.73. The second-order valence-electron chi connectivity index (χ2n) is 5.03. The largest absolute Gasteiger partial charge is 0.478 e. The molecule has 0 unspecified atom stereocenters. The number of benzene rings is 1. The summed E-state index contributed by atoms with van der Waals surface area (Å²) in [5.41, 5.74) is -0.326. The Kier molecular flexibility index (Phi) is 5.14. The predicted octanol–water partition coefficient (Wildman–Crippen LogP) is 3.30. The zero-order valence-corrected chi connectivity index (χ0v) is 13.4. The van der Waals surface area contributed by atoms with Gasteiger partial charge in [0.25, 0.3) is 0 Å². The highest BCUT2D eigenvalue weighted by Crippen LogP contribution is 2.30. The van der Waals surface area contributed by atoms with E-state index in [9.17, 15) is 13.2 Å². The van der Waals surface area contributed by atoms with Crippen molar-refractivity contribution < 1.29 is 18.3 Å². The number of halogens is 2. The van der Waals surface area contributed by atoms with Crippen molar-refractivity contribution >= 4 is 39.2 Å². The summed E-state index contributed by atoms with van der Waals surface area (Å²) in [7, 11) is -3.90. The fourth-order valence-corrected chi connectivity index (χ4v) is 4.63. The lowest BCUT2D eigenvalue weighted by molar-refractivity contribution is 0.0697. The van der Waals surface area contributed by atoms with Crippen LogP contribution in [0.5, 0.6) is 0 Å². The molecule has 1 aromatic rings. The fraction of sp³-hybridized carbons (Fsp3) is 0.462. The van der Waals surface area contributed by atoms with Crippen molar-refractivity contribution in [2.75, 3.05) is 0 Å². The Bertz CT molecular complexity index is 654. The molecule has 1 fully saturated rings. The molecule has 1 saturated carbocycles. The third kappa shape index (κ3) is 3.88. The molecule has 2 N–H and O–H groups in total. The third-order valence-corrected chi connectivity index (χ3v) is 5.73. The van der Waals surface area contributed by atoms with Crippen LogP contribution in [0.25, 0.3) is 0 Å². The first-order chi connectivity index (χ1) is 9.81. The average Bonchev–Trinajstić information content (AvgIpc) is 2.41. The molecule has 1 aromatic carbocycles. The molecule has 5 nitrogen and oxygen atoms in total. The number of hydrogen-bond acceptors (Lipinski definition) is 3. The van der Waals surface area contributed by atoms with Gasteiger partial charge < -0.3 is 5.11 Å². The van der Waals surface area contributed by atoms with Crippen LogP contribution in [-0.2, 0) is 10.0 Å². The van der Waals surface area contributed by atoms with E-state index in [1.54, 1.807) is 0 Å². The molecule has 2 rings (SSSR count). The van der Waals surface area contributed by atoms with Crippen LogP contribution in [0.1, 0.15) is 42.5 Å². The Morgan fingerprint density at radius 3 is 2.38 bits per heavy atom. The van der Waals surface area contributed by atoms with Gasteiger partial charge in [0.1, 0.15) is 4.90 Å². The van der Waals surface area contributed by atoms with Crippen LogP contribution in [0, 0.1) is 0 Å². The van der Waals surface area contributed by atoms with Crippen LogP contribution >= 0.6 is 23.2 Å². The van der Waals surface area contributed by atoms with Gasteiger partial charge >= 0.3 is 5.97 Å². The molecule has 0 heterocycles. The van der Waals surface area contributed by atoms with Gasteiger partial charge in [0.05, 0.1) is 10.6 Å². The van der Waals surface area contributed by atoms with Crippen LogP contribution in [-0.4, -0.2) is 25.5 Å². The number of carbonyl (C=O) groups is 1. The fourth-order valence-electron chi connectivity index (χ4n) is 2.42. The van der Waals surface area contributed by atoms with Crippen molar-refractivity contribution in [2.24, 2.45) is 0 Å². The zero-order chi connectivity index (χ0) is 15.6. The van der Waals surface area contributed by atoms with Gasteiger partial charge in [-0.1, -0.05) is 42.5 Å². The molecule has 0 amide bonds. The van der Waals surface area contributed by atoms with E-state index in [4.69, 9.17) is 28.3 Å².